The van der Waals surface area contributed by atoms with Crippen molar-refractivity contribution in [2.75, 3.05) is 16.8 Å². The van der Waals surface area contributed by atoms with Crippen LogP contribution in [0.4, 0.5) is 17.3 Å². The number of benzene rings is 2. The minimum atomic E-state index is -0.975. The van der Waals surface area contributed by atoms with Gasteiger partial charge in [-0.1, -0.05) is 25.1 Å². The van der Waals surface area contributed by atoms with Gasteiger partial charge in [-0.15, -0.1) is 0 Å². The lowest BCUT2D eigenvalue weighted by molar-refractivity contribution is 0.0696. The van der Waals surface area contributed by atoms with Gasteiger partial charge in [0.2, 0.25) is 5.95 Å². The van der Waals surface area contributed by atoms with E-state index in [1.165, 1.54) is 6.07 Å². The Bertz CT molecular complexity index is 1470. The van der Waals surface area contributed by atoms with Crippen LogP contribution in [0.15, 0.2) is 60.9 Å². The molecule has 190 valence electrons. The fraction of sp³-hybridized carbons (Fsp3) is 0.241. The highest BCUT2D eigenvalue weighted by molar-refractivity contribution is 6.07. The van der Waals surface area contributed by atoms with Gasteiger partial charge in [0.25, 0.3) is 5.91 Å². The third kappa shape index (κ3) is 5.23. The number of anilines is 3. The summed E-state index contributed by atoms with van der Waals surface area (Å²) in [7, 11) is 1.89. The van der Waals surface area contributed by atoms with Crippen molar-refractivity contribution in [1.29, 1.82) is 0 Å². The minimum Gasteiger partial charge on any atom is -0.478 e. The van der Waals surface area contributed by atoms with Gasteiger partial charge in [0.1, 0.15) is 0 Å². The smallest absolute Gasteiger partial charge is 0.335 e. The number of nitrogens with zero attached hydrogens (tertiary/aromatic N) is 4. The number of aromatic nitrogens is 3. The number of para-hydroxylation sites is 1. The third-order valence-corrected chi connectivity index (χ3v) is 6.41. The number of aryl methyl sites for hydroxylation is 4. The van der Waals surface area contributed by atoms with Crippen LogP contribution in [0.5, 0.6) is 0 Å². The first kappa shape index (κ1) is 25.6. The van der Waals surface area contributed by atoms with Crippen LogP contribution in [0, 0.1) is 13.8 Å². The lowest BCUT2D eigenvalue weighted by Gasteiger charge is -2.23. The highest BCUT2D eigenvalue weighted by Crippen LogP contribution is 2.28. The van der Waals surface area contributed by atoms with Crippen molar-refractivity contribution in [2.24, 2.45) is 7.05 Å². The zero-order chi connectivity index (χ0) is 26.7. The van der Waals surface area contributed by atoms with Crippen molar-refractivity contribution in [3.63, 3.8) is 0 Å². The average molecular weight is 498 g/mol. The van der Waals surface area contributed by atoms with Gasteiger partial charge in [0, 0.05) is 37.4 Å². The Morgan fingerprint density at radius 3 is 2.46 bits per heavy atom. The summed E-state index contributed by atoms with van der Waals surface area (Å²) in [6.45, 7) is 8.38. The Morgan fingerprint density at radius 2 is 1.78 bits per heavy atom. The number of carbonyl (C=O) groups excluding carboxylic acids is 1. The van der Waals surface area contributed by atoms with E-state index in [1.54, 1.807) is 23.2 Å². The first-order valence-corrected chi connectivity index (χ1v) is 12.2. The Balaban J connectivity index is 1.66. The van der Waals surface area contributed by atoms with E-state index >= 15 is 0 Å². The minimum absolute atomic E-state index is 0.0653. The third-order valence-electron chi connectivity index (χ3n) is 6.41. The maximum absolute atomic E-state index is 13.6. The fourth-order valence-electron chi connectivity index (χ4n) is 4.39. The number of carbonyl (C=O) groups is 2. The van der Waals surface area contributed by atoms with Crippen LogP contribution >= 0.6 is 0 Å². The van der Waals surface area contributed by atoms with Gasteiger partial charge >= 0.3 is 5.97 Å². The molecule has 0 aliphatic rings. The number of hydrogen-bond acceptors (Lipinski definition) is 5. The summed E-state index contributed by atoms with van der Waals surface area (Å²) in [5, 5.41) is 12.4. The van der Waals surface area contributed by atoms with Gasteiger partial charge < -0.3 is 19.9 Å². The molecule has 0 saturated carbocycles. The molecule has 4 rings (SSSR count). The maximum atomic E-state index is 13.6. The molecular formula is C29H31N5O3. The summed E-state index contributed by atoms with van der Waals surface area (Å²) in [6.07, 6.45) is 4.41. The summed E-state index contributed by atoms with van der Waals surface area (Å²) in [6, 6.07) is 14.7. The topological polar surface area (TPSA) is 100 Å². The molecule has 37 heavy (non-hydrogen) atoms. The first-order valence-electron chi connectivity index (χ1n) is 12.2. The number of carboxylic acid groups (broad SMARTS) is 1. The van der Waals surface area contributed by atoms with Crippen LogP contribution in [0.3, 0.4) is 0 Å². The fourth-order valence-corrected chi connectivity index (χ4v) is 4.39. The normalized spacial score (nSPS) is 10.8. The predicted octanol–water partition coefficient (Wildman–Crippen LogP) is 5.77. The molecule has 8 heteroatoms. The molecule has 0 fully saturated rings. The van der Waals surface area contributed by atoms with E-state index in [0.29, 0.717) is 23.8 Å². The number of nitrogens with one attached hydrogen (secondary N) is 1. The van der Waals surface area contributed by atoms with E-state index in [1.807, 2.05) is 62.8 Å². The molecule has 0 aliphatic heterocycles. The van der Waals surface area contributed by atoms with Crippen molar-refractivity contribution in [3.8, 4) is 11.4 Å². The van der Waals surface area contributed by atoms with E-state index in [4.69, 9.17) is 4.98 Å². The molecule has 4 aromatic rings. The number of hydrogen-bond donors (Lipinski definition) is 2. The van der Waals surface area contributed by atoms with E-state index in [0.717, 1.165) is 40.2 Å². The molecule has 0 spiro atoms. The summed E-state index contributed by atoms with van der Waals surface area (Å²) in [4.78, 5) is 35.8. The van der Waals surface area contributed by atoms with Crippen molar-refractivity contribution in [2.45, 2.75) is 34.1 Å². The molecule has 8 nitrogen and oxygen atoms in total. The largest absolute Gasteiger partial charge is 0.478 e. The monoisotopic (exact) mass is 497 g/mol. The van der Waals surface area contributed by atoms with Gasteiger partial charge in [-0.05, 0) is 74.2 Å². The highest BCUT2D eigenvalue weighted by atomic mass is 16.4. The van der Waals surface area contributed by atoms with Gasteiger partial charge in [-0.2, -0.15) is 0 Å². The maximum Gasteiger partial charge on any atom is 0.335 e. The summed E-state index contributed by atoms with van der Waals surface area (Å²) in [5.41, 5.74) is 6.71. The summed E-state index contributed by atoms with van der Waals surface area (Å²) in [5.74, 6) is -0.658. The standard InChI is InChI=1S/C29H31N5O3/c1-6-20-10-8-9-11-24(20)34(7-2)27(35)22-15-25(33(5)17-22)26-19(4)16-30-29(32-26)31-23-13-12-21(28(36)37)14-18(23)3/h8-17H,6-7H2,1-5H3,(H,36,37)(H,30,31,32). The second kappa shape index (κ2) is 10.7. The molecule has 2 aromatic carbocycles. The second-order valence-electron chi connectivity index (χ2n) is 8.94. The Kier molecular flexibility index (Phi) is 7.38. The lowest BCUT2D eigenvalue weighted by Crippen LogP contribution is -2.31. The van der Waals surface area contributed by atoms with Crippen LogP contribution in [-0.2, 0) is 13.5 Å². The van der Waals surface area contributed by atoms with Crippen LogP contribution < -0.4 is 10.2 Å². The van der Waals surface area contributed by atoms with Crippen LogP contribution in [0.25, 0.3) is 11.4 Å². The van der Waals surface area contributed by atoms with Crippen molar-refractivity contribution in [3.05, 3.63) is 88.7 Å². The van der Waals surface area contributed by atoms with Crippen LogP contribution in [-0.4, -0.2) is 38.1 Å². The van der Waals surface area contributed by atoms with Crippen LogP contribution in [0.1, 0.15) is 51.3 Å². The van der Waals surface area contributed by atoms with Crippen molar-refractivity contribution in [1.82, 2.24) is 14.5 Å². The van der Waals surface area contributed by atoms with Crippen molar-refractivity contribution >= 4 is 29.2 Å². The SMILES string of the molecule is CCc1ccccc1N(CC)C(=O)c1cc(-c2nc(Nc3ccc(C(=O)O)cc3C)ncc2C)n(C)c1. The quantitative estimate of drug-likeness (QED) is 0.321. The number of rotatable bonds is 8. The molecule has 0 radical (unpaired) electrons. The number of amides is 1. The number of carboxylic acids is 1. The molecular weight excluding hydrogens is 466 g/mol. The lowest BCUT2D eigenvalue weighted by atomic mass is 10.1. The van der Waals surface area contributed by atoms with E-state index in [-0.39, 0.29) is 11.5 Å². The Hall–Kier alpha value is -4.46. The van der Waals surface area contributed by atoms with Gasteiger partial charge in [0.05, 0.1) is 22.5 Å². The summed E-state index contributed by atoms with van der Waals surface area (Å²) < 4.78 is 1.90. The average Bonchev–Trinajstić information content (AvgIpc) is 3.28. The van der Waals surface area contributed by atoms with Gasteiger partial charge in [0.15, 0.2) is 0 Å². The highest BCUT2D eigenvalue weighted by Gasteiger charge is 2.22. The van der Waals surface area contributed by atoms with Crippen LogP contribution in [0.2, 0.25) is 0 Å². The Morgan fingerprint density at radius 1 is 1.03 bits per heavy atom. The molecule has 2 aromatic heterocycles. The summed E-state index contributed by atoms with van der Waals surface area (Å²) >= 11 is 0. The molecule has 2 heterocycles. The second-order valence-corrected chi connectivity index (χ2v) is 8.94. The zero-order valence-electron chi connectivity index (χ0n) is 21.7. The van der Waals surface area contributed by atoms with Crippen molar-refractivity contribution < 1.29 is 14.7 Å². The Labute approximate surface area is 216 Å². The van der Waals surface area contributed by atoms with E-state index in [9.17, 15) is 14.7 Å². The predicted molar refractivity (Wildman–Crippen MR) is 146 cm³/mol. The molecule has 0 unspecified atom stereocenters. The van der Waals surface area contributed by atoms with Gasteiger partial charge in [-0.3, -0.25) is 4.79 Å². The number of aromatic carboxylic acids is 1. The molecule has 0 saturated heterocycles. The van der Waals surface area contributed by atoms with E-state index in [2.05, 4.69) is 23.3 Å². The molecule has 2 N–H and O–H groups in total. The first-order chi connectivity index (χ1) is 17.7. The zero-order valence-corrected chi connectivity index (χ0v) is 21.7. The molecule has 0 aliphatic carbocycles. The molecule has 0 atom stereocenters. The molecule has 0 bridgehead atoms. The van der Waals surface area contributed by atoms with E-state index < -0.39 is 5.97 Å². The molecule has 1 amide bonds. The van der Waals surface area contributed by atoms with Gasteiger partial charge in [-0.25, -0.2) is 14.8 Å².